The molecule has 0 bridgehead atoms. The summed E-state index contributed by atoms with van der Waals surface area (Å²) in [5.74, 6) is 0.0194. The Balaban J connectivity index is 1.72. The minimum Gasteiger partial charge on any atom is -0.342 e. The van der Waals surface area contributed by atoms with Crippen LogP contribution in [0.4, 0.5) is 5.13 Å². The van der Waals surface area contributed by atoms with Crippen molar-refractivity contribution < 1.29 is 13.2 Å². The van der Waals surface area contributed by atoms with E-state index in [4.69, 9.17) is 23.2 Å². The Morgan fingerprint density at radius 3 is 2.63 bits per heavy atom. The van der Waals surface area contributed by atoms with Crippen LogP contribution >= 0.6 is 34.5 Å². The first-order chi connectivity index (χ1) is 12.8. The van der Waals surface area contributed by atoms with Crippen molar-refractivity contribution in [3.63, 3.8) is 0 Å². The van der Waals surface area contributed by atoms with E-state index in [1.165, 1.54) is 12.1 Å². The van der Waals surface area contributed by atoms with Crippen molar-refractivity contribution in [1.82, 2.24) is 9.88 Å². The van der Waals surface area contributed by atoms with Crippen LogP contribution in [0.1, 0.15) is 30.5 Å². The molecule has 1 saturated heterocycles. The molecule has 27 heavy (non-hydrogen) atoms. The standard InChI is InChI=1S/C17H19Cl2N3O3S2/c1-11-7-12(18)8-14(19)16(11)27(24,25)21-17-20-13(10-26-17)9-15(23)22-5-3-2-4-6-22/h7-8,10H,2-6,9H2,1H3,(H,20,21). The number of likely N-dealkylation sites (tertiary alicyclic amines) is 1. The van der Waals surface area contributed by atoms with Gasteiger partial charge in [-0.3, -0.25) is 9.52 Å². The number of benzene rings is 1. The van der Waals surface area contributed by atoms with Gasteiger partial charge in [0.15, 0.2) is 5.13 Å². The molecule has 1 aromatic carbocycles. The van der Waals surface area contributed by atoms with Crippen LogP contribution in [-0.4, -0.2) is 37.3 Å². The third kappa shape index (κ3) is 4.93. The highest BCUT2D eigenvalue weighted by atomic mass is 35.5. The zero-order valence-corrected chi connectivity index (χ0v) is 17.8. The molecule has 1 amide bonds. The van der Waals surface area contributed by atoms with Gasteiger partial charge in [0.05, 0.1) is 17.1 Å². The third-order valence-electron chi connectivity index (χ3n) is 4.28. The Labute approximate surface area is 172 Å². The fourth-order valence-corrected chi connectivity index (χ4v) is 6.19. The summed E-state index contributed by atoms with van der Waals surface area (Å²) < 4.78 is 27.8. The minimum absolute atomic E-state index is 0.0194. The molecule has 0 aliphatic carbocycles. The number of halogens is 2. The lowest BCUT2D eigenvalue weighted by Gasteiger charge is -2.26. The van der Waals surface area contributed by atoms with Crippen molar-refractivity contribution >= 4 is 55.6 Å². The van der Waals surface area contributed by atoms with E-state index in [0.717, 1.165) is 43.7 Å². The Morgan fingerprint density at radius 2 is 1.96 bits per heavy atom. The van der Waals surface area contributed by atoms with Crippen molar-refractivity contribution in [2.24, 2.45) is 0 Å². The molecule has 2 aromatic rings. The summed E-state index contributed by atoms with van der Waals surface area (Å²) in [5.41, 5.74) is 0.990. The topological polar surface area (TPSA) is 79.4 Å². The van der Waals surface area contributed by atoms with Crippen LogP contribution in [0.5, 0.6) is 0 Å². The van der Waals surface area contributed by atoms with Gasteiger partial charge in [-0.05, 0) is 43.9 Å². The maximum Gasteiger partial charge on any atom is 0.265 e. The number of rotatable bonds is 5. The number of amides is 1. The van der Waals surface area contributed by atoms with Gasteiger partial charge in [0.2, 0.25) is 5.91 Å². The molecule has 0 spiro atoms. The van der Waals surface area contributed by atoms with E-state index in [9.17, 15) is 13.2 Å². The second-order valence-electron chi connectivity index (χ2n) is 6.40. The van der Waals surface area contributed by atoms with Crippen molar-refractivity contribution in [3.8, 4) is 0 Å². The number of aryl methyl sites for hydroxylation is 1. The highest BCUT2D eigenvalue weighted by Gasteiger charge is 2.23. The van der Waals surface area contributed by atoms with Gasteiger partial charge >= 0.3 is 0 Å². The molecule has 2 heterocycles. The van der Waals surface area contributed by atoms with Gasteiger partial charge in [0.1, 0.15) is 4.90 Å². The largest absolute Gasteiger partial charge is 0.342 e. The molecular weight excluding hydrogens is 429 g/mol. The number of piperidine rings is 1. The molecule has 1 aromatic heterocycles. The van der Waals surface area contributed by atoms with E-state index < -0.39 is 10.0 Å². The summed E-state index contributed by atoms with van der Waals surface area (Å²) in [6.07, 6.45) is 3.36. The average Bonchev–Trinajstić information content (AvgIpc) is 3.00. The predicted octanol–water partition coefficient (Wildman–Crippen LogP) is 4.11. The second-order valence-corrected chi connectivity index (χ2v) is 9.72. The average molecular weight is 448 g/mol. The fourth-order valence-electron chi connectivity index (χ4n) is 3.04. The summed E-state index contributed by atoms with van der Waals surface area (Å²) in [6, 6.07) is 2.92. The first kappa shape index (κ1) is 20.4. The molecule has 1 aliphatic heterocycles. The highest BCUT2D eigenvalue weighted by molar-refractivity contribution is 7.93. The Bertz CT molecular complexity index is 931. The van der Waals surface area contributed by atoms with Gasteiger partial charge < -0.3 is 4.90 Å². The van der Waals surface area contributed by atoms with Crippen LogP contribution in [0.25, 0.3) is 0 Å². The van der Waals surface area contributed by atoms with Crippen LogP contribution in [-0.2, 0) is 21.2 Å². The number of carbonyl (C=O) groups is 1. The van der Waals surface area contributed by atoms with Crippen molar-refractivity contribution in [2.45, 2.75) is 37.5 Å². The minimum atomic E-state index is -3.92. The highest BCUT2D eigenvalue weighted by Crippen LogP contribution is 2.31. The van der Waals surface area contributed by atoms with E-state index in [-0.39, 0.29) is 27.4 Å². The van der Waals surface area contributed by atoms with Gasteiger partial charge in [-0.25, -0.2) is 13.4 Å². The maximum absolute atomic E-state index is 12.7. The molecule has 146 valence electrons. The second kappa shape index (κ2) is 8.34. The van der Waals surface area contributed by atoms with Gasteiger partial charge in [-0.2, -0.15) is 0 Å². The number of aromatic nitrogens is 1. The van der Waals surface area contributed by atoms with Crippen LogP contribution in [0.2, 0.25) is 10.0 Å². The molecule has 0 unspecified atom stereocenters. The summed E-state index contributed by atoms with van der Waals surface area (Å²) in [5, 5.41) is 2.30. The van der Waals surface area contributed by atoms with Crippen molar-refractivity contribution in [3.05, 3.63) is 38.8 Å². The molecule has 1 N–H and O–H groups in total. The monoisotopic (exact) mass is 447 g/mol. The number of thiazole rings is 1. The molecule has 0 saturated carbocycles. The van der Waals surface area contributed by atoms with Crippen LogP contribution in [0.3, 0.4) is 0 Å². The van der Waals surface area contributed by atoms with Gasteiger partial charge in [-0.15, -0.1) is 11.3 Å². The molecule has 10 heteroatoms. The SMILES string of the molecule is Cc1cc(Cl)cc(Cl)c1S(=O)(=O)Nc1nc(CC(=O)N2CCCCC2)cs1. The Hall–Kier alpha value is -1.35. The lowest BCUT2D eigenvalue weighted by molar-refractivity contribution is -0.131. The Kier molecular flexibility index (Phi) is 6.30. The van der Waals surface area contributed by atoms with Crippen LogP contribution < -0.4 is 4.72 Å². The predicted molar refractivity (Wildman–Crippen MR) is 108 cm³/mol. The fraction of sp³-hybridized carbons (Fsp3) is 0.412. The quantitative estimate of drug-likeness (QED) is 0.747. The van der Waals surface area contributed by atoms with Crippen molar-refractivity contribution in [2.75, 3.05) is 17.8 Å². The van der Waals surface area contributed by atoms with Gasteiger partial charge in [0, 0.05) is 23.5 Å². The van der Waals surface area contributed by atoms with E-state index in [0.29, 0.717) is 16.3 Å². The summed E-state index contributed by atoms with van der Waals surface area (Å²) in [4.78, 5) is 18.4. The van der Waals surface area contributed by atoms with Crippen LogP contribution in [0.15, 0.2) is 22.4 Å². The first-order valence-corrected chi connectivity index (χ1v) is 11.6. The number of sulfonamides is 1. The molecule has 1 aliphatic rings. The maximum atomic E-state index is 12.7. The summed E-state index contributed by atoms with van der Waals surface area (Å²) in [6.45, 7) is 3.17. The molecule has 0 atom stereocenters. The van der Waals surface area contributed by atoms with Gasteiger partial charge in [-0.1, -0.05) is 23.2 Å². The lowest BCUT2D eigenvalue weighted by atomic mass is 10.1. The Morgan fingerprint density at radius 1 is 1.26 bits per heavy atom. The molecule has 1 fully saturated rings. The number of nitrogens with zero attached hydrogens (tertiary/aromatic N) is 2. The molecular formula is C17H19Cl2N3O3S2. The van der Waals surface area contributed by atoms with Gasteiger partial charge in [0.25, 0.3) is 10.0 Å². The van der Waals surface area contributed by atoms with E-state index >= 15 is 0 Å². The molecule has 0 radical (unpaired) electrons. The number of nitrogens with one attached hydrogen (secondary N) is 1. The third-order valence-corrected chi connectivity index (χ3v) is 7.38. The number of anilines is 1. The molecule has 6 nitrogen and oxygen atoms in total. The van der Waals surface area contributed by atoms with Crippen LogP contribution in [0, 0.1) is 6.92 Å². The summed E-state index contributed by atoms with van der Waals surface area (Å²) in [7, 11) is -3.92. The number of carbonyl (C=O) groups excluding carboxylic acids is 1. The number of hydrogen-bond donors (Lipinski definition) is 1. The van der Waals surface area contributed by atoms with E-state index in [2.05, 4.69) is 9.71 Å². The smallest absolute Gasteiger partial charge is 0.265 e. The number of hydrogen-bond acceptors (Lipinski definition) is 5. The normalized spacial score (nSPS) is 15.0. The first-order valence-electron chi connectivity index (χ1n) is 8.47. The summed E-state index contributed by atoms with van der Waals surface area (Å²) >= 11 is 13.1. The van der Waals surface area contributed by atoms with E-state index in [1.54, 1.807) is 12.3 Å². The molecule has 3 rings (SSSR count). The lowest BCUT2D eigenvalue weighted by Crippen LogP contribution is -2.36. The van der Waals surface area contributed by atoms with Crippen molar-refractivity contribution in [1.29, 1.82) is 0 Å². The zero-order chi connectivity index (χ0) is 19.6. The van der Waals surface area contributed by atoms with E-state index in [1.807, 2.05) is 4.90 Å². The zero-order valence-electron chi connectivity index (χ0n) is 14.7.